The van der Waals surface area contributed by atoms with Crippen LogP contribution in [0.4, 0.5) is 4.79 Å². The molecule has 2 amide bonds. The Labute approximate surface area is 197 Å². The minimum Gasteiger partial charge on any atom is -0.508 e. The first-order valence-electron chi connectivity index (χ1n) is 10.7. The third-order valence-electron chi connectivity index (χ3n) is 5.09. The number of nitrogens with one attached hydrogen (secondary N) is 2. The van der Waals surface area contributed by atoms with Crippen LogP contribution in [0.3, 0.4) is 0 Å². The summed E-state index contributed by atoms with van der Waals surface area (Å²) in [5, 5.41) is 24.2. The lowest BCUT2D eigenvalue weighted by atomic mass is 10.0. The molecule has 0 unspecified atom stereocenters. The number of carboxylic acid groups (broad SMARTS) is 1. The Kier molecular flexibility index (Phi) is 8.62. The molecule has 0 aliphatic carbocycles. The molecule has 0 spiro atoms. The van der Waals surface area contributed by atoms with E-state index in [1.807, 2.05) is 24.3 Å². The maximum Gasteiger partial charge on any atom is 0.408 e. The second-order valence-electron chi connectivity index (χ2n) is 7.72. The van der Waals surface area contributed by atoms with E-state index in [9.17, 15) is 24.6 Å². The monoisotopic (exact) mass is 462 g/mol. The number of amides is 2. The molecular formula is C26H26N2O6. The Hall–Kier alpha value is -4.33. The van der Waals surface area contributed by atoms with Gasteiger partial charge in [-0.2, -0.15) is 0 Å². The van der Waals surface area contributed by atoms with Gasteiger partial charge in [-0.3, -0.25) is 4.79 Å². The maximum absolute atomic E-state index is 13.0. The average Bonchev–Trinajstić information content (AvgIpc) is 2.84. The van der Waals surface area contributed by atoms with E-state index in [1.165, 1.54) is 12.1 Å². The van der Waals surface area contributed by atoms with Crippen LogP contribution < -0.4 is 10.6 Å². The number of hydrogen-bond acceptors (Lipinski definition) is 5. The topological polar surface area (TPSA) is 125 Å². The van der Waals surface area contributed by atoms with E-state index < -0.39 is 30.1 Å². The number of carboxylic acids is 1. The van der Waals surface area contributed by atoms with Crippen molar-refractivity contribution >= 4 is 18.0 Å². The van der Waals surface area contributed by atoms with E-state index >= 15 is 0 Å². The van der Waals surface area contributed by atoms with Crippen molar-refractivity contribution in [1.29, 1.82) is 0 Å². The number of alkyl carbamates (subject to hydrolysis) is 1. The number of benzene rings is 3. The quantitative estimate of drug-likeness (QED) is 0.367. The van der Waals surface area contributed by atoms with E-state index in [1.54, 1.807) is 48.5 Å². The molecule has 8 heteroatoms. The van der Waals surface area contributed by atoms with Crippen molar-refractivity contribution in [2.75, 3.05) is 0 Å². The minimum atomic E-state index is -1.19. The van der Waals surface area contributed by atoms with Gasteiger partial charge in [-0.25, -0.2) is 9.59 Å². The summed E-state index contributed by atoms with van der Waals surface area (Å²) < 4.78 is 5.23. The summed E-state index contributed by atoms with van der Waals surface area (Å²) in [4.78, 5) is 37.2. The van der Waals surface area contributed by atoms with E-state index in [-0.39, 0.29) is 25.2 Å². The first-order valence-corrected chi connectivity index (χ1v) is 10.7. The van der Waals surface area contributed by atoms with Gasteiger partial charge in [0.2, 0.25) is 5.91 Å². The largest absolute Gasteiger partial charge is 0.508 e. The molecule has 0 bridgehead atoms. The lowest BCUT2D eigenvalue weighted by Gasteiger charge is -2.21. The SMILES string of the molecule is O=C(N[C@@H](Cc1ccc(O)cc1)C(=O)N[C@H](Cc1ccccc1)C(=O)O)OCc1ccccc1. The molecule has 176 valence electrons. The van der Waals surface area contributed by atoms with E-state index in [2.05, 4.69) is 10.6 Å². The van der Waals surface area contributed by atoms with E-state index in [0.29, 0.717) is 5.56 Å². The summed E-state index contributed by atoms with van der Waals surface area (Å²) in [6, 6.07) is 21.9. The predicted molar refractivity (Wildman–Crippen MR) is 125 cm³/mol. The van der Waals surface area contributed by atoms with Crippen LogP contribution in [0.25, 0.3) is 0 Å². The summed E-state index contributed by atoms with van der Waals surface area (Å²) in [7, 11) is 0. The van der Waals surface area contributed by atoms with Crippen LogP contribution in [0.1, 0.15) is 16.7 Å². The van der Waals surface area contributed by atoms with Gasteiger partial charge in [0.25, 0.3) is 0 Å². The predicted octanol–water partition coefficient (Wildman–Crippen LogP) is 3.04. The zero-order chi connectivity index (χ0) is 24.3. The van der Waals surface area contributed by atoms with Crippen LogP contribution in [0.2, 0.25) is 0 Å². The van der Waals surface area contributed by atoms with Crippen molar-refractivity contribution in [3.05, 3.63) is 102 Å². The number of phenols is 1. The molecule has 0 aromatic heterocycles. The summed E-state index contributed by atoms with van der Waals surface area (Å²) in [5.41, 5.74) is 2.20. The van der Waals surface area contributed by atoms with Crippen LogP contribution >= 0.6 is 0 Å². The maximum atomic E-state index is 13.0. The Morgan fingerprint density at radius 1 is 0.706 bits per heavy atom. The molecule has 0 fully saturated rings. The van der Waals surface area contributed by atoms with Gasteiger partial charge in [0, 0.05) is 12.8 Å². The highest BCUT2D eigenvalue weighted by Gasteiger charge is 2.27. The first kappa shape index (κ1) is 24.3. The molecule has 0 heterocycles. The molecule has 34 heavy (non-hydrogen) atoms. The fourth-order valence-electron chi connectivity index (χ4n) is 3.31. The highest BCUT2D eigenvalue weighted by molar-refractivity contribution is 5.89. The second kappa shape index (κ2) is 12.1. The van der Waals surface area contributed by atoms with Gasteiger partial charge in [-0.1, -0.05) is 72.8 Å². The Morgan fingerprint density at radius 3 is 1.82 bits per heavy atom. The Morgan fingerprint density at radius 2 is 1.24 bits per heavy atom. The molecular weight excluding hydrogens is 436 g/mol. The Bertz CT molecular complexity index is 1090. The van der Waals surface area contributed by atoms with E-state index in [4.69, 9.17) is 4.74 Å². The van der Waals surface area contributed by atoms with Crippen LogP contribution in [0.5, 0.6) is 5.75 Å². The van der Waals surface area contributed by atoms with Gasteiger partial charge in [0.1, 0.15) is 24.4 Å². The van der Waals surface area contributed by atoms with Crippen molar-refractivity contribution in [3.8, 4) is 5.75 Å². The standard InChI is InChI=1S/C26H26N2O6/c29-21-13-11-19(12-14-21)15-22(28-26(33)34-17-20-9-5-2-6-10-20)24(30)27-23(25(31)32)16-18-7-3-1-4-8-18/h1-14,22-23,29H,15-17H2,(H,27,30)(H,28,33)(H,31,32)/t22-,23+/m0/s1. The van der Waals surface area contributed by atoms with Crippen molar-refractivity contribution in [2.45, 2.75) is 31.5 Å². The number of carbonyl (C=O) groups is 3. The highest BCUT2D eigenvalue weighted by Crippen LogP contribution is 2.12. The molecule has 0 saturated heterocycles. The molecule has 0 aliphatic heterocycles. The fraction of sp³-hybridized carbons (Fsp3) is 0.192. The molecule has 0 saturated carbocycles. The van der Waals surface area contributed by atoms with Crippen LogP contribution in [-0.2, 0) is 33.8 Å². The molecule has 2 atom stereocenters. The van der Waals surface area contributed by atoms with Gasteiger partial charge in [0.15, 0.2) is 0 Å². The molecule has 0 radical (unpaired) electrons. The molecule has 3 aromatic rings. The number of rotatable bonds is 10. The molecule has 8 nitrogen and oxygen atoms in total. The first-order chi connectivity index (χ1) is 16.4. The lowest BCUT2D eigenvalue weighted by Crippen LogP contribution is -2.53. The zero-order valence-corrected chi connectivity index (χ0v) is 18.4. The van der Waals surface area contributed by atoms with Crippen LogP contribution in [-0.4, -0.2) is 40.3 Å². The smallest absolute Gasteiger partial charge is 0.408 e. The number of carbonyl (C=O) groups excluding carboxylic acids is 2. The fourth-order valence-corrected chi connectivity index (χ4v) is 3.31. The minimum absolute atomic E-state index is 0.0198. The molecule has 3 aromatic carbocycles. The van der Waals surface area contributed by atoms with Crippen molar-refractivity contribution in [1.82, 2.24) is 10.6 Å². The molecule has 4 N–H and O–H groups in total. The van der Waals surface area contributed by atoms with Gasteiger partial charge in [0.05, 0.1) is 0 Å². The number of hydrogen-bond donors (Lipinski definition) is 4. The summed E-state index contributed by atoms with van der Waals surface area (Å²) in [6.45, 7) is 0.0198. The van der Waals surface area contributed by atoms with Crippen LogP contribution in [0, 0.1) is 0 Å². The second-order valence-corrected chi connectivity index (χ2v) is 7.72. The normalized spacial score (nSPS) is 12.2. The number of aromatic hydroxyl groups is 1. The molecule has 3 rings (SSSR count). The number of phenolic OH excluding ortho intramolecular Hbond substituents is 1. The van der Waals surface area contributed by atoms with Gasteiger partial charge in [-0.05, 0) is 28.8 Å². The van der Waals surface area contributed by atoms with Crippen LogP contribution in [0.15, 0.2) is 84.9 Å². The summed E-state index contributed by atoms with van der Waals surface area (Å²) >= 11 is 0. The Balaban J connectivity index is 1.70. The zero-order valence-electron chi connectivity index (χ0n) is 18.4. The third-order valence-corrected chi connectivity index (χ3v) is 5.09. The van der Waals surface area contributed by atoms with Crippen molar-refractivity contribution < 1.29 is 29.3 Å². The van der Waals surface area contributed by atoms with Crippen molar-refractivity contribution in [2.24, 2.45) is 0 Å². The summed E-state index contributed by atoms with van der Waals surface area (Å²) in [5.74, 6) is -1.78. The third kappa shape index (κ3) is 7.67. The van der Waals surface area contributed by atoms with E-state index in [0.717, 1.165) is 11.1 Å². The summed E-state index contributed by atoms with van der Waals surface area (Å²) in [6.07, 6.45) is -0.644. The lowest BCUT2D eigenvalue weighted by molar-refractivity contribution is -0.142. The van der Waals surface area contributed by atoms with Gasteiger partial charge in [-0.15, -0.1) is 0 Å². The number of aliphatic carboxylic acids is 1. The van der Waals surface area contributed by atoms with Gasteiger partial charge >= 0.3 is 12.1 Å². The average molecular weight is 463 g/mol. The molecule has 0 aliphatic rings. The van der Waals surface area contributed by atoms with Crippen molar-refractivity contribution in [3.63, 3.8) is 0 Å². The highest BCUT2D eigenvalue weighted by atomic mass is 16.5. The number of ether oxygens (including phenoxy) is 1. The van der Waals surface area contributed by atoms with Gasteiger partial charge < -0.3 is 25.6 Å².